The summed E-state index contributed by atoms with van der Waals surface area (Å²) in [5.74, 6) is -0.0314. The molecule has 0 radical (unpaired) electrons. The van der Waals surface area contributed by atoms with Crippen molar-refractivity contribution in [2.45, 2.75) is 38.3 Å². The number of carbonyl (C=O) groups is 1. The van der Waals surface area contributed by atoms with Gasteiger partial charge in [0.15, 0.2) is 0 Å². The van der Waals surface area contributed by atoms with Crippen molar-refractivity contribution in [1.82, 2.24) is 14.4 Å². The Balaban J connectivity index is 1.29. The predicted molar refractivity (Wildman–Crippen MR) is 115 cm³/mol. The van der Waals surface area contributed by atoms with Crippen molar-refractivity contribution < 1.29 is 9.18 Å². The zero-order valence-corrected chi connectivity index (χ0v) is 17.3. The van der Waals surface area contributed by atoms with Gasteiger partial charge < -0.3 is 9.47 Å². The van der Waals surface area contributed by atoms with Crippen molar-refractivity contribution in [3.05, 3.63) is 58.9 Å². The SMILES string of the molecule is O=C(c1cc2sccc2n1C1CCCC1)N1CCN(Cc2ccc(F)cc2)CC1. The Bertz CT molecular complexity index is 995. The van der Waals surface area contributed by atoms with E-state index in [9.17, 15) is 9.18 Å². The van der Waals surface area contributed by atoms with Crippen molar-refractivity contribution >= 4 is 27.5 Å². The number of hydrogen-bond acceptors (Lipinski definition) is 3. The quantitative estimate of drug-likeness (QED) is 0.610. The summed E-state index contributed by atoms with van der Waals surface area (Å²) in [4.78, 5) is 17.7. The maximum atomic E-state index is 13.4. The summed E-state index contributed by atoms with van der Waals surface area (Å²) in [6, 6.07) is 11.4. The van der Waals surface area contributed by atoms with Gasteiger partial charge in [0.2, 0.25) is 0 Å². The molecule has 0 unspecified atom stereocenters. The molecular weight excluding hydrogens is 385 g/mol. The molecule has 0 atom stereocenters. The summed E-state index contributed by atoms with van der Waals surface area (Å²) in [7, 11) is 0. The summed E-state index contributed by atoms with van der Waals surface area (Å²) in [6.07, 6.45) is 4.85. The number of benzene rings is 1. The molecule has 0 N–H and O–H groups in total. The van der Waals surface area contributed by atoms with Gasteiger partial charge in [-0.3, -0.25) is 9.69 Å². The molecule has 0 spiro atoms. The van der Waals surface area contributed by atoms with E-state index in [1.165, 1.54) is 48.0 Å². The number of carbonyl (C=O) groups excluding carboxylic acids is 1. The van der Waals surface area contributed by atoms with E-state index in [1.54, 1.807) is 11.3 Å². The van der Waals surface area contributed by atoms with E-state index in [0.29, 0.717) is 6.04 Å². The van der Waals surface area contributed by atoms with E-state index in [1.807, 2.05) is 17.0 Å². The van der Waals surface area contributed by atoms with Gasteiger partial charge in [0.1, 0.15) is 11.5 Å². The molecule has 1 aliphatic carbocycles. The second-order valence-corrected chi connectivity index (χ2v) is 9.15. The van der Waals surface area contributed by atoms with E-state index in [0.717, 1.165) is 44.0 Å². The molecule has 0 bridgehead atoms. The van der Waals surface area contributed by atoms with Gasteiger partial charge in [-0.15, -0.1) is 11.3 Å². The molecule has 1 amide bonds. The Morgan fingerprint density at radius 3 is 2.48 bits per heavy atom. The fourth-order valence-corrected chi connectivity index (χ4v) is 5.59. The van der Waals surface area contributed by atoms with Gasteiger partial charge in [-0.2, -0.15) is 0 Å². The van der Waals surface area contributed by atoms with E-state index in [2.05, 4.69) is 27.0 Å². The van der Waals surface area contributed by atoms with Crippen LogP contribution in [0.4, 0.5) is 4.39 Å². The number of nitrogens with zero attached hydrogens (tertiary/aromatic N) is 3. The zero-order chi connectivity index (χ0) is 19.8. The van der Waals surface area contributed by atoms with Crippen LogP contribution in [0.2, 0.25) is 0 Å². The van der Waals surface area contributed by atoms with Crippen LogP contribution in [0, 0.1) is 5.82 Å². The number of rotatable bonds is 4. The number of hydrogen-bond donors (Lipinski definition) is 0. The fraction of sp³-hybridized carbons (Fsp3) is 0.435. The van der Waals surface area contributed by atoms with Crippen molar-refractivity contribution in [3.63, 3.8) is 0 Å². The van der Waals surface area contributed by atoms with Gasteiger partial charge in [0.25, 0.3) is 5.91 Å². The third-order valence-corrected chi connectivity index (χ3v) is 7.20. The minimum absolute atomic E-state index is 0.168. The average Bonchev–Trinajstić information content (AvgIpc) is 3.47. The van der Waals surface area contributed by atoms with E-state index >= 15 is 0 Å². The number of fused-ring (bicyclic) bond motifs is 1. The first kappa shape index (κ1) is 18.8. The van der Waals surface area contributed by atoms with Crippen molar-refractivity contribution in [3.8, 4) is 0 Å². The predicted octanol–water partition coefficient (Wildman–Crippen LogP) is 4.92. The largest absolute Gasteiger partial charge is 0.335 e. The lowest BCUT2D eigenvalue weighted by molar-refractivity contribution is 0.0616. The van der Waals surface area contributed by atoms with E-state index in [4.69, 9.17) is 0 Å². The van der Waals surface area contributed by atoms with E-state index in [-0.39, 0.29) is 11.7 Å². The summed E-state index contributed by atoms with van der Waals surface area (Å²) >= 11 is 1.72. The number of halogens is 1. The van der Waals surface area contributed by atoms with Crippen LogP contribution in [0.15, 0.2) is 41.8 Å². The van der Waals surface area contributed by atoms with Crippen molar-refractivity contribution in [1.29, 1.82) is 0 Å². The van der Waals surface area contributed by atoms with Crippen molar-refractivity contribution in [2.75, 3.05) is 26.2 Å². The molecular formula is C23H26FN3OS. The molecule has 2 aliphatic rings. The Morgan fingerprint density at radius 1 is 1.03 bits per heavy atom. The lowest BCUT2D eigenvalue weighted by Crippen LogP contribution is -2.48. The third-order valence-electron chi connectivity index (χ3n) is 6.35. The highest BCUT2D eigenvalue weighted by atomic mass is 32.1. The average molecular weight is 412 g/mol. The normalized spacial score (nSPS) is 18.7. The van der Waals surface area contributed by atoms with Crippen LogP contribution in [0.5, 0.6) is 0 Å². The second-order valence-electron chi connectivity index (χ2n) is 8.20. The first-order chi connectivity index (χ1) is 14.2. The molecule has 1 aromatic carbocycles. The molecule has 6 heteroatoms. The molecule has 3 heterocycles. The molecule has 2 aromatic heterocycles. The Kier molecular flexibility index (Phi) is 5.14. The zero-order valence-electron chi connectivity index (χ0n) is 16.5. The van der Waals surface area contributed by atoms with Crippen LogP contribution in [0.1, 0.15) is 47.8 Å². The molecule has 29 heavy (non-hydrogen) atoms. The minimum Gasteiger partial charge on any atom is -0.335 e. The van der Waals surface area contributed by atoms with Gasteiger partial charge in [-0.05, 0) is 48.1 Å². The molecule has 1 saturated carbocycles. The van der Waals surface area contributed by atoms with Crippen LogP contribution in [0.25, 0.3) is 10.2 Å². The number of thiophene rings is 1. The number of piperazine rings is 1. The molecule has 3 aromatic rings. The molecule has 2 fully saturated rings. The lowest BCUT2D eigenvalue weighted by Gasteiger charge is -2.35. The Labute approximate surface area is 174 Å². The molecule has 5 rings (SSSR count). The molecule has 4 nitrogen and oxygen atoms in total. The monoisotopic (exact) mass is 411 g/mol. The van der Waals surface area contributed by atoms with Crippen molar-refractivity contribution in [2.24, 2.45) is 0 Å². The lowest BCUT2D eigenvalue weighted by atomic mass is 10.2. The highest BCUT2D eigenvalue weighted by Gasteiger charge is 2.29. The maximum Gasteiger partial charge on any atom is 0.270 e. The van der Waals surface area contributed by atoms with Gasteiger partial charge in [0.05, 0.1) is 10.2 Å². The topological polar surface area (TPSA) is 28.5 Å². The second kappa shape index (κ2) is 7.92. The Hall–Kier alpha value is -2.18. The summed E-state index contributed by atoms with van der Waals surface area (Å²) in [5.41, 5.74) is 3.20. The van der Waals surface area contributed by atoms with E-state index < -0.39 is 0 Å². The van der Waals surface area contributed by atoms with Crippen LogP contribution in [-0.4, -0.2) is 46.5 Å². The Morgan fingerprint density at radius 2 is 1.76 bits per heavy atom. The van der Waals surface area contributed by atoms with Crippen LogP contribution in [0.3, 0.4) is 0 Å². The van der Waals surface area contributed by atoms with Crippen LogP contribution in [-0.2, 0) is 6.54 Å². The summed E-state index contributed by atoms with van der Waals surface area (Å²) in [6.45, 7) is 3.98. The minimum atomic E-state index is -0.200. The third kappa shape index (κ3) is 3.71. The maximum absolute atomic E-state index is 13.4. The molecule has 1 aliphatic heterocycles. The van der Waals surface area contributed by atoms with Gasteiger partial charge in [-0.1, -0.05) is 25.0 Å². The van der Waals surface area contributed by atoms with Crippen LogP contribution >= 0.6 is 11.3 Å². The summed E-state index contributed by atoms with van der Waals surface area (Å²) < 4.78 is 16.6. The molecule has 1 saturated heterocycles. The van der Waals surface area contributed by atoms with Gasteiger partial charge in [0, 0.05) is 38.8 Å². The van der Waals surface area contributed by atoms with Gasteiger partial charge >= 0.3 is 0 Å². The number of aromatic nitrogens is 1. The first-order valence-corrected chi connectivity index (χ1v) is 11.4. The standard InChI is InChI=1S/C23H26FN3OS/c24-18-7-5-17(6-8-18)16-25-10-12-26(13-11-25)23(28)21-15-22-20(9-14-29-22)27(21)19-3-1-2-4-19/h5-9,14-15,19H,1-4,10-13,16H2. The smallest absolute Gasteiger partial charge is 0.270 e. The van der Waals surface area contributed by atoms with Crippen LogP contribution < -0.4 is 0 Å². The highest BCUT2D eigenvalue weighted by Crippen LogP contribution is 2.37. The highest BCUT2D eigenvalue weighted by molar-refractivity contribution is 7.17. The fourth-order valence-electron chi connectivity index (χ4n) is 4.78. The molecule has 152 valence electrons. The van der Waals surface area contributed by atoms with Gasteiger partial charge in [-0.25, -0.2) is 4.39 Å². The first-order valence-electron chi connectivity index (χ1n) is 10.5. The number of amides is 1. The summed E-state index contributed by atoms with van der Waals surface area (Å²) in [5, 5.41) is 2.12.